The number of aryl methyl sites for hydroxylation is 1. The Bertz CT molecular complexity index is 1040. The molecule has 2 aromatic carbocycles. The van der Waals surface area contributed by atoms with Crippen LogP contribution >= 0.6 is 34.7 Å². The van der Waals surface area contributed by atoms with Gasteiger partial charge in [-0.15, -0.1) is 0 Å². The topological polar surface area (TPSA) is 58.1 Å². The van der Waals surface area contributed by atoms with Crippen LogP contribution in [-0.2, 0) is 17.6 Å². The number of amides is 1. The normalized spacial score (nSPS) is 11.1. The highest BCUT2D eigenvalue weighted by molar-refractivity contribution is 7.09. The van der Waals surface area contributed by atoms with Crippen molar-refractivity contribution in [1.82, 2.24) is 14.7 Å². The van der Waals surface area contributed by atoms with Crippen molar-refractivity contribution < 1.29 is 4.79 Å². The molecule has 0 spiro atoms. The molecule has 8 heteroatoms. The van der Waals surface area contributed by atoms with Gasteiger partial charge in [-0.05, 0) is 50.5 Å². The molecule has 3 rings (SSSR count). The third-order valence-corrected chi connectivity index (χ3v) is 6.50. The molecule has 3 aromatic rings. The molecule has 0 fully saturated rings. The Morgan fingerprint density at radius 3 is 2.59 bits per heavy atom. The number of carbonyl (C=O) groups is 1. The maximum atomic E-state index is 12.4. The fraction of sp³-hybridized carbons (Fsp3) is 0.375. The largest absolute Gasteiger partial charge is 0.356 e. The minimum Gasteiger partial charge on any atom is -0.356 e. The van der Waals surface area contributed by atoms with Crippen LogP contribution in [0.1, 0.15) is 42.8 Å². The van der Waals surface area contributed by atoms with Gasteiger partial charge in [0.1, 0.15) is 5.82 Å². The summed E-state index contributed by atoms with van der Waals surface area (Å²) in [5, 5.41) is 5.05. The van der Waals surface area contributed by atoms with E-state index in [1.165, 1.54) is 22.7 Å². The van der Waals surface area contributed by atoms with E-state index < -0.39 is 0 Å². The van der Waals surface area contributed by atoms with E-state index in [1.54, 1.807) is 12.1 Å². The second kappa shape index (κ2) is 11.6. The maximum absolute atomic E-state index is 12.4. The second-order valence-electron chi connectivity index (χ2n) is 8.03. The highest BCUT2D eigenvalue weighted by atomic mass is 35.5. The van der Waals surface area contributed by atoms with E-state index >= 15 is 0 Å². The van der Waals surface area contributed by atoms with E-state index in [0.29, 0.717) is 42.4 Å². The summed E-state index contributed by atoms with van der Waals surface area (Å²) >= 11 is 13.5. The molecule has 0 unspecified atom stereocenters. The highest BCUT2D eigenvalue weighted by Crippen LogP contribution is 2.22. The van der Waals surface area contributed by atoms with Gasteiger partial charge in [0, 0.05) is 53.6 Å². The molecule has 0 saturated heterocycles. The highest BCUT2D eigenvalue weighted by Gasteiger charge is 2.17. The molecule has 0 radical (unpaired) electrons. The van der Waals surface area contributed by atoms with E-state index in [-0.39, 0.29) is 11.9 Å². The van der Waals surface area contributed by atoms with E-state index in [2.05, 4.69) is 59.6 Å². The van der Waals surface area contributed by atoms with Crippen molar-refractivity contribution in [2.75, 3.05) is 18.0 Å². The summed E-state index contributed by atoms with van der Waals surface area (Å²) in [4.78, 5) is 19.2. The Kier molecular flexibility index (Phi) is 8.91. The molecule has 0 bridgehead atoms. The number of halogens is 2. The molecule has 1 N–H and O–H groups in total. The van der Waals surface area contributed by atoms with Crippen LogP contribution in [0.2, 0.25) is 10.0 Å². The number of hydrogen-bond acceptors (Lipinski definition) is 5. The second-order valence-corrected chi connectivity index (χ2v) is 9.60. The van der Waals surface area contributed by atoms with Crippen LogP contribution in [-0.4, -0.2) is 34.4 Å². The Balaban J connectivity index is 1.50. The molecular formula is C24H28Cl2N4OS. The molecule has 0 atom stereocenters. The smallest absolute Gasteiger partial charge is 0.221 e. The lowest BCUT2D eigenvalue weighted by Crippen LogP contribution is -2.35. The summed E-state index contributed by atoms with van der Waals surface area (Å²) in [6.45, 7) is 7.39. The molecular weight excluding hydrogens is 463 g/mol. The summed E-state index contributed by atoms with van der Waals surface area (Å²) in [6, 6.07) is 14.0. The van der Waals surface area contributed by atoms with Crippen LogP contribution in [0, 0.1) is 6.92 Å². The lowest BCUT2D eigenvalue weighted by molar-refractivity contribution is -0.120. The van der Waals surface area contributed by atoms with E-state index in [1.807, 2.05) is 6.07 Å². The van der Waals surface area contributed by atoms with E-state index in [9.17, 15) is 4.79 Å². The third kappa shape index (κ3) is 7.19. The number of anilines is 1. The SMILES string of the molecule is Cc1ccc(Cc2nsc(N(CCC(=O)NCCc3ccc(Cl)cc3Cl)C(C)C)n2)cc1. The van der Waals surface area contributed by atoms with Gasteiger partial charge in [-0.25, -0.2) is 4.98 Å². The Hall–Kier alpha value is -2.15. The van der Waals surface area contributed by atoms with Gasteiger partial charge in [-0.2, -0.15) is 4.37 Å². The predicted molar refractivity (Wildman–Crippen MR) is 134 cm³/mol. The summed E-state index contributed by atoms with van der Waals surface area (Å²) in [5.74, 6) is 0.814. The van der Waals surface area contributed by atoms with Crippen molar-refractivity contribution in [3.05, 3.63) is 75.0 Å². The molecule has 1 amide bonds. The summed E-state index contributed by atoms with van der Waals surface area (Å²) < 4.78 is 4.53. The van der Waals surface area contributed by atoms with Gasteiger partial charge >= 0.3 is 0 Å². The zero-order chi connectivity index (χ0) is 23.1. The average Bonchev–Trinajstić information content (AvgIpc) is 3.19. The molecule has 0 aliphatic carbocycles. The zero-order valence-electron chi connectivity index (χ0n) is 18.6. The molecule has 32 heavy (non-hydrogen) atoms. The molecule has 5 nitrogen and oxygen atoms in total. The molecule has 1 aromatic heterocycles. The number of hydrogen-bond donors (Lipinski definition) is 1. The number of aromatic nitrogens is 2. The monoisotopic (exact) mass is 490 g/mol. The van der Waals surface area contributed by atoms with E-state index in [4.69, 9.17) is 28.2 Å². The first-order valence-corrected chi connectivity index (χ1v) is 12.2. The Morgan fingerprint density at radius 1 is 1.16 bits per heavy atom. The first kappa shape index (κ1) is 24.5. The summed E-state index contributed by atoms with van der Waals surface area (Å²) in [6.07, 6.45) is 1.75. The van der Waals surface area contributed by atoms with Crippen molar-refractivity contribution in [3.8, 4) is 0 Å². The van der Waals surface area contributed by atoms with Crippen molar-refractivity contribution in [1.29, 1.82) is 0 Å². The van der Waals surface area contributed by atoms with Gasteiger partial charge in [0.2, 0.25) is 11.0 Å². The number of rotatable bonds is 10. The van der Waals surface area contributed by atoms with Crippen molar-refractivity contribution >= 4 is 45.8 Å². The van der Waals surface area contributed by atoms with E-state index in [0.717, 1.165) is 16.5 Å². The molecule has 0 aliphatic rings. The minimum absolute atomic E-state index is 0.00475. The lowest BCUT2D eigenvalue weighted by atomic mass is 10.1. The number of carbonyl (C=O) groups excluding carboxylic acids is 1. The quantitative estimate of drug-likeness (QED) is 0.395. The van der Waals surface area contributed by atoms with Crippen LogP contribution in [0.15, 0.2) is 42.5 Å². The molecule has 170 valence electrons. The van der Waals surface area contributed by atoms with Crippen LogP contribution in [0.4, 0.5) is 5.13 Å². The minimum atomic E-state index is 0.00475. The molecule has 0 aliphatic heterocycles. The van der Waals surface area contributed by atoms with Crippen molar-refractivity contribution in [3.63, 3.8) is 0 Å². The van der Waals surface area contributed by atoms with Crippen molar-refractivity contribution in [2.45, 2.75) is 46.1 Å². The zero-order valence-corrected chi connectivity index (χ0v) is 20.9. The van der Waals surface area contributed by atoms with Crippen molar-refractivity contribution in [2.24, 2.45) is 0 Å². The van der Waals surface area contributed by atoms with Gasteiger partial charge in [0.05, 0.1) is 0 Å². The Labute approximate surface area is 203 Å². The van der Waals surface area contributed by atoms with Gasteiger partial charge in [-0.1, -0.05) is 59.1 Å². The van der Waals surface area contributed by atoms with Crippen LogP contribution in [0.3, 0.4) is 0 Å². The van der Waals surface area contributed by atoms with Gasteiger partial charge in [0.15, 0.2) is 0 Å². The number of nitrogens with one attached hydrogen (secondary N) is 1. The first-order valence-electron chi connectivity index (χ1n) is 10.7. The first-order chi connectivity index (χ1) is 15.3. The van der Waals surface area contributed by atoms with Gasteiger partial charge < -0.3 is 10.2 Å². The van der Waals surface area contributed by atoms with Crippen LogP contribution < -0.4 is 10.2 Å². The predicted octanol–water partition coefficient (Wildman–Crippen LogP) is 5.71. The number of nitrogens with zero attached hydrogens (tertiary/aromatic N) is 3. The van der Waals surface area contributed by atoms with Crippen LogP contribution in [0.5, 0.6) is 0 Å². The molecule has 0 saturated carbocycles. The fourth-order valence-electron chi connectivity index (χ4n) is 3.27. The van der Waals surface area contributed by atoms with Gasteiger partial charge in [0.25, 0.3) is 0 Å². The summed E-state index contributed by atoms with van der Waals surface area (Å²) in [5.41, 5.74) is 3.40. The maximum Gasteiger partial charge on any atom is 0.221 e. The average molecular weight is 491 g/mol. The number of benzene rings is 2. The third-order valence-electron chi connectivity index (χ3n) is 5.12. The standard InChI is InChI=1S/C24H28Cl2N4OS/c1-16(2)30(24-28-22(29-32-24)14-18-6-4-17(3)5-7-18)13-11-23(31)27-12-10-19-8-9-20(25)15-21(19)26/h4-9,15-16H,10-14H2,1-3H3,(H,27,31). The Morgan fingerprint density at radius 2 is 1.91 bits per heavy atom. The summed E-state index contributed by atoms with van der Waals surface area (Å²) in [7, 11) is 0. The fourth-order valence-corrected chi connectivity index (χ4v) is 4.62. The lowest BCUT2D eigenvalue weighted by Gasteiger charge is -2.25. The van der Waals surface area contributed by atoms with Gasteiger partial charge in [-0.3, -0.25) is 4.79 Å². The van der Waals surface area contributed by atoms with Crippen LogP contribution in [0.25, 0.3) is 0 Å². The molecule has 1 heterocycles.